The average Bonchev–Trinajstić information content (AvgIpc) is 2.73. The van der Waals surface area contributed by atoms with E-state index >= 15 is 0 Å². The van der Waals surface area contributed by atoms with Crippen LogP contribution in [0.4, 0.5) is 0 Å². The van der Waals surface area contributed by atoms with Gasteiger partial charge in [0.25, 0.3) is 0 Å². The van der Waals surface area contributed by atoms with Crippen molar-refractivity contribution in [2.75, 3.05) is 13.3 Å². The number of methoxy groups -OCH3 is 1. The van der Waals surface area contributed by atoms with Gasteiger partial charge >= 0.3 is 5.97 Å². The SMILES string of the molecule is COC(=O)C(C)C[P+](c1ccccc1)(c1ccccc1)c1ccccc1.[Br-]. The average molecular weight is 443 g/mol. The van der Waals surface area contributed by atoms with Crippen LogP contribution < -0.4 is 32.9 Å². The molecule has 0 aromatic heterocycles. The third-order valence-corrected chi connectivity index (χ3v) is 9.38. The maximum absolute atomic E-state index is 12.3. The fraction of sp³-hybridized carbons (Fsp3) is 0.174. The van der Waals surface area contributed by atoms with Crippen LogP contribution in [-0.4, -0.2) is 19.2 Å². The minimum absolute atomic E-state index is 0. The van der Waals surface area contributed by atoms with Crippen LogP contribution in [0.15, 0.2) is 91.0 Å². The zero-order valence-corrected chi connectivity index (χ0v) is 18.1. The summed E-state index contributed by atoms with van der Waals surface area (Å²) in [7, 11) is -0.512. The van der Waals surface area contributed by atoms with E-state index < -0.39 is 7.26 Å². The van der Waals surface area contributed by atoms with Crippen LogP contribution >= 0.6 is 7.26 Å². The van der Waals surface area contributed by atoms with Gasteiger partial charge in [-0.1, -0.05) is 54.6 Å². The van der Waals surface area contributed by atoms with Crippen molar-refractivity contribution in [2.45, 2.75) is 6.92 Å². The molecule has 1 unspecified atom stereocenters. The molecule has 0 amide bonds. The second kappa shape index (κ2) is 9.82. The Morgan fingerprint density at radius 2 is 1.11 bits per heavy atom. The van der Waals surface area contributed by atoms with E-state index in [2.05, 4.69) is 72.8 Å². The number of hydrogen-bond acceptors (Lipinski definition) is 2. The van der Waals surface area contributed by atoms with Gasteiger partial charge in [-0.05, 0) is 43.3 Å². The molecule has 2 nitrogen and oxygen atoms in total. The normalized spacial score (nSPS) is 11.9. The van der Waals surface area contributed by atoms with Gasteiger partial charge in [0.2, 0.25) is 0 Å². The van der Waals surface area contributed by atoms with Crippen molar-refractivity contribution in [3.05, 3.63) is 91.0 Å². The summed E-state index contributed by atoms with van der Waals surface area (Å²) in [6.45, 7) is 1.97. The largest absolute Gasteiger partial charge is 1.00 e. The molecule has 0 saturated heterocycles. The highest BCUT2D eigenvalue weighted by molar-refractivity contribution is 7.95. The lowest BCUT2D eigenvalue weighted by molar-refractivity contribution is -0.144. The second-order valence-electron chi connectivity index (χ2n) is 6.42. The van der Waals surface area contributed by atoms with Gasteiger partial charge in [0.1, 0.15) is 23.2 Å². The zero-order chi connectivity index (χ0) is 18.4. The Bertz CT molecular complexity index is 741. The second-order valence-corrected chi connectivity index (χ2v) is 9.96. The van der Waals surface area contributed by atoms with Gasteiger partial charge in [0.15, 0.2) is 0 Å². The first-order valence-corrected chi connectivity index (χ1v) is 10.8. The van der Waals surface area contributed by atoms with E-state index in [1.165, 1.54) is 23.0 Å². The van der Waals surface area contributed by atoms with E-state index in [4.69, 9.17) is 4.74 Å². The van der Waals surface area contributed by atoms with Crippen LogP contribution in [0.2, 0.25) is 0 Å². The van der Waals surface area contributed by atoms with E-state index in [-0.39, 0.29) is 28.9 Å². The molecule has 0 radical (unpaired) electrons. The highest BCUT2D eigenvalue weighted by atomic mass is 79.9. The summed E-state index contributed by atoms with van der Waals surface area (Å²) in [6.07, 6.45) is 0.748. The molecule has 27 heavy (non-hydrogen) atoms. The summed E-state index contributed by atoms with van der Waals surface area (Å²) < 4.78 is 5.04. The van der Waals surface area contributed by atoms with Gasteiger partial charge in [0.05, 0.1) is 19.2 Å². The number of benzene rings is 3. The standard InChI is InChI=1S/C23H24O2P.BrH/c1-19(23(24)25-2)18-26(20-12-6-3-7-13-20,21-14-8-4-9-15-21)22-16-10-5-11-17-22;/h3-17,19H,18H2,1-2H3;1H/q+1;/p-1. The Labute approximate surface area is 172 Å². The number of halogens is 1. The third-order valence-electron chi connectivity index (χ3n) is 4.74. The first-order chi connectivity index (χ1) is 12.7. The predicted octanol–water partition coefficient (Wildman–Crippen LogP) is 0.794. The van der Waals surface area contributed by atoms with Crippen molar-refractivity contribution >= 4 is 29.1 Å². The van der Waals surface area contributed by atoms with Crippen molar-refractivity contribution in [3.8, 4) is 0 Å². The lowest BCUT2D eigenvalue weighted by Gasteiger charge is -2.29. The molecule has 1 atom stereocenters. The molecular weight excluding hydrogens is 419 g/mol. The molecule has 0 heterocycles. The number of esters is 1. The van der Waals surface area contributed by atoms with Crippen LogP contribution in [-0.2, 0) is 9.53 Å². The number of hydrogen-bond donors (Lipinski definition) is 0. The molecule has 4 heteroatoms. The summed E-state index contributed by atoms with van der Waals surface area (Å²) in [5, 5.41) is 3.86. The van der Waals surface area contributed by atoms with Gasteiger partial charge in [-0.25, -0.2) is 0 Å². The van der Waals surface area contributed by atoms with Crippen LogP contribution in [0.25, 0.3) is 0 Å². The van der Waals surface area contributed by atoms with Crippen molar-refractivity contribution in [1.82, 2.24) is 0 Å². The molecule has 0 saturated carbocycles. The fourth-order valence-electron chi connectivity index (χ4n) is 3.50. The summed E-state index contributed by atoms with van der Waals surface area (Å²) in [5.74, 6) is -0.342. The van der Waals surface area contributed by atoms with Gasteiger partial charge < -0.3 is 21.7 Å². The molecule has 0 aliphatic rings. The molecular formula is C23H24BrO2P. The van der Waals surface area contributed by atoms with E-state index in [9.17, 15) is 4.79 Å². The van der Waals surface area contributed by atoms with Crippen LogP contribution in [0.3, 0.4) is 0 Å². The van der Waals surface area contributed by atoms with Gasteiger partial charge in [-0.15, -0.1) is 0 Å². The van der Waals surface area contributed by atoms with Crippen molar-refractivity contribution < 1.29 is 26.5 Å². The molecule has 0 aliphatic heterocycles. The topological polar surface area (TPSA) is 26.3 Å². The van der Waals surface area contributed by atoms with E-state index in [1.807, 2.05) is 25.1 Å². The molecule has 3 rings (SSSR count). The monoisotopic (exact) mass is 442 g/mol. The number of carbonyl (C=O) groups is 1. The third kappa shape index (κ3) is 4.48. The predicted molar refractivity (Wildman–Crippen MR) is 111 cm³/mol. The Kier molecular flexibility index (Phi) is 7.77. The molecule has 3 aromatic rings. The maximum atomic E-state index is 12.3. The van der Waals surface area contributed by atoms with E-state index in [0.717, 1.165) is 6.16 Å². The van der Waals surface area contributed by atoms with Gasteiger partial charge in [-0.2, -0.15) is 0 Å². The van der Waals surface area contributed by atoms with Crippen molar-refractivity contribution in [3.63, 3.8) is 0 Å². The van der Waals surface area contributed by atoms with Crippen LogP contribution in [0.1, 0.15) is 6.92 Å². The van der Waals surface area contributed by atoms with Crippen LogP contribution in [0, 0.1) is 5.92 Å². The van der Waals surface area contributed by atoms with Gasteiger partial charge in [-0.3, -0.25) is 4.79 Å². The first kappa shape index (κ1) is 21.3. The van der Waals surface area contributed by atoms with E-state index in [0.29, 0.717) is 0 Å². The molecule has 3 aromatic carbocycles. The zero-order valence-electron chi connectivity index (χ0n) is 15.6. The Balaban J connectivity index is 0.00000261. The minimum Gasteiger partial charge on any atom is -1.00 e. The fourth-order valence-corrected chi connectivity index (χ4v) is 8.04. The number of ether oxygens (including phenoxy) is 1. The Morgan fingerprint density at radius 1 is 0.778 bits per heavy atom. The van der Waals surface area contributed by atoms with Crippen molar-refractivity contribution in [2.24, 2.45) is 5.92 Å². The Hall–Kier alpha value is -1.96. The molecule has 0 bridgehead atoms. The molecule has 0 N–H and O–H groups in total. The first-order valence-electron chi connectivity index (χ1n) is 8.81. The quantitative estimate of drug-likeness (QED) is 0.416. The van der Waals surface area contributed by atoms with Crippen LogP contribution in [0.5, 0.6) is 0 Å². The number of rotatable bonds is 6. The molecule has 0 aliphatic carbocycles. The smallest absolute Gasteiger partial charge is 0.312 e. The van der Waals surface area contributed by atoms with Gasteiger partial charge in [0, 0.05) is 0 Å². The molecule has 0 fully saturated rings. The summed E-state index contributed by atoms with van der Waals surface area (Å²) in [4.78, 5) is 12.3. The lowest BCUT2D eigenvalue weighted by atomic mass is 10.2. The summed E-state index contributed by atoms with van der Waals surface area (Å²) in [5.41, 5.74) is 0. The highest BCUT2D eigenvalue weighted by Crippen LogP contribution is 2.56. The minimum atomic E-state index is -1.98. The Morgan fingerprint density at radius 3 is 1.41 bits per heavy atom. The summed E-state index contributed by atoms with van der Waals surface area (Å²) >= 11 is 0. The van der Waals surface area contributed by atoms with Crippen molar-refractivity contribution in [1.29, 1.82) is 0 Å². The molecule has 140 valence electrons. The van der Waals surface area contributed by atoms with E-state index in [1.54, 1.807) is 0 Å². The maximum Gasteiger partial charge on any atom is 0.312 e. The summed E-state index contributed by atoms with van der Waals surface area (Å²) in [6, 6.07) is 31.8. The highest BCUT2D eigenvalue weighted by Gasteiger charge is 2.47. The lowest BCUT2D eigenvalue weighted by Crippen LogP contribution is -3.00. The number of carbonyl (C=O) groups excluding carboxylic acids is 1. The molecule has 0 spiro atoms.